The van der Waals surface area contributed by atoms with Crippen molar-refractivity contribution in [2.24, 2.45) is 5.92 Å². The van der Waals surface area contributed by atoms with Gasteiger partial charge in [0, 0.05) is 17.5 Å². The Morgan fingerprint density at radius 3 is 2.68 bits per heavy atom. The molecule has 22 heavy (non-hydrogen) atoms. The SMILES string of the molecule is CCOc1ccc(-c2nc(C(=O)NCCC(C)C)cs2)cc1. The van der Waals surface area contributed by atoms with Gasteiger partial charge in [-0.05, 0) is 43.5 Å². The molecule has 0 radical (unpaired) electrons. The highest BCUT2D eigenvalue weighted by Gasteiger charge is 2.11. The van der Waals surface area contributed by atoms with E-state index < -0.39 is 0 Å². The highest BCUT2D eigenvalue weighted by Crippen LogP contribution is 2.25. The van der Waals surface area contributed by atoms with Crippen LogP contribution in [0.3, 0.4) is 0 Å². The molecule has 2 aromatic rings. The Labute approximate surface area is 135 Å². The van der Waals surface area contributed by atoms with Crippen LogP contribution in [0.25, 0.3) is 10.6 Å². The maximum atomic E-state index is 12.0. The van der Waals surface area contributed by atoms with Crippen molar-refractivity contribution < 1.29 is 9.53 Å². The van der Waals surface area contributed by atoms with E-state index in [4.69, 9.17) is 4.74 Å². The lowest BCUT2D eigenvalue weighted by Gasteiger charge is -2.05. The second-order valence-corrected chi connectivity index (χ2v) is 6.29. The molecule has 0 spiro atoms. The van der Waals surface area contributed by atoms with E-state index in [1.54, 1.807) is 5.38 Å². The lowest BCUT2D eigenvalue weighted by Crippen LogP contribution is -2.25. The number of rotatable bonds is 7. The van der Waals surface area contributed by atoms with E-state index in [9.17, 15) is 4.79 Å². The van der Waals surface area contributed by atoms with Crippen molar-refractivity contribution in [3.63, 3.8) is 0 Å². The smallest absolute Gasteiger partial charge is 0.270 e. The number of nitrogens with one attached hydrogen (secondary N) is 1. The highest BCUT2D eigenvalue weighted by molar-refractivity contribution is 7.13. The van der Waals surface area contributed by atoms with Gasteiger partial charge in [-0.15, -0.1) is 11.3 Å². The standard InChI is InChI=1S/C17H22N2O2S/c1-4-21-14-7-5-13(6-8-14)17-19-15(11-22-17)16(20)18-10-9-12(2)3/h5-8,11-12H,4,9-10H2,1-3H3,(H,18,20). The summed E-state index contributed by atoms with van der Waals surface area (Å²) in [4.78, 5) is 16.4. The van der Waals surface area contributed by atoms with Crippen LogP contribution in [0.2, 0.25) is 0 Å². The summed E-state index contributed by atoms with van der Waals surface area (Å²) in [5.41, 5.74) is 1.48. The number of hydrogen-bond acceptors (Lipinski definition) is 4. The van der Waals surface area contributed by atoms with Gasteiger partial charge in [0.2, 0.25) is 0 Å². The van der Waals surface area contributed by atoms with Crippen LogP contribution < -0.4 is 10.1 Å². The molecule has 0 unspecified atom stereocenters. The van der Waals surface area contributed by atoms with Gasteiger partial charge in [-0.25, -0.2) is 4.98 Å². The van der Waals surface area contributed by atoms with Gasteiger partial charge in [-0.1, -0.05) is 13.8 Å². The Hall–Kier alpha value is -1.88. The fourth-order valence-corrected chi connectivity index (χ4v) is 2.74. The molecular formula is C17H22N2O2S. The van der Waals surface area contributed by atoms with E-state index in [2.05, 4.69) is 24.1 Å². The lowest BCUT2D eigenvalue weighted by molar-refractivity contribution is 0.0948. The monoisotopic (exact) mass is 318 g/mol. The predicted octanol–water partition coefficient (Wildman–Crippen LogP) is 3.98. The number of carbonyl (C=O) groups is 1. The summed E-state index contributed by atoms with van der Waals surface area (Å²) in [6.07, 6.45) is 0.974. The van der Waals surface area contributed by atoms with Gasteiger partial charge in [0.05, 0.1) is 6.61 Å². The third kappa shape index (κ3) is 4.56. The number of ether oxygens (including phenoxy) is 1. The molecule has 118 valence electrons. The second-order valence-electron chi connectivity index (χ2n) is 5.43. The molecule has 1 N–H and O–H groups in total. The topological polar surface area (TPSA) is 51.2 Å². The van der Waals surface area contributed by atoms with E-state index in [1.807, 2.05) is 31.2 Å². The first-order valence-corrected chi connectivity index (χ1v) is 8.45. The third-order valence-corrected chi connectivity index (χ3v) is 4.05. The van der Waals surface area contributed by atoms with Gasteiger partial charge in [-0.2, -0.15) is 0 Å². The van der Waals surface area contributed by atoms with Gasteiger partial charge < -0.3 is 10.1 Å². The van der Waals surface area contributed by atoms with Crippen LogP contribution in [0.1, 0.15) is 37.7 Å². The number of hydrogen-bond donors (Lipinski definition) is 1. The van der Waals surface area contributed by atoms with Crippen LogP contribution in [0, 0.1) is 5.92 Å². The van der Waals surface area contributed by atoms with Gasteiger partial charge in [0.25, 0.3) is 5.91 Å². The molecule has 1 aromatic carbocycles. The second kappa shape index (κ2) is 7.94. The molecule has 1 amide bonds. The third-order valence-electron chi connectivity index (χ3n) is 3.16. The molecule has 0 saturated carbocycles. The van der Waals surface area contributed by atoms with Crippen molar-refractivity contribution >= 4 is 17.2 Å². The fraction of sp³-hybridized carbons (Fsp3) is 0.412. The first kappa shape index (κ1) is 16.5. The van der Waals surface area contributed by atoms with Crippen LogP contribution in [0.5, 0.6) is 5.75 Å². The zero-order chi connectivity index (χ0) is 15.9. The summed E-state index contributed by atoms with van der Waals surface area (Å²) in [5.74, 6) is 1.32. The molecule has 0 bridgehead atoms. The summed E-state index contributed by atoms with van der Waals surface area (Å²) in [6.45, 7) is 7.57. The molecule has 4 nitrogen and oxygen atoms in total. The summed E-state index contributed by atoms with van der Waals surface area (Å²) in [5, 5.41) is 5.55. The van der Waals surface area contributed by atoms with Crippen molar-refractivity contribution in [3.05, 3.63) is 35.3 Å². The molecule has 0 aliphatic rings. The molecule has 0 saturated heterocycles. The minimum absolute atomic E-state index is 0.103. The zero-order valence-corrected chi connectivity index (χ0v) is 14.1. The quantitative estimate of drug-likeness (QED) is 0.840. The van der Waals surface area contributed by atoms with Crippen molar-refractivity contribution in [1.29, 1.82) is 0 Å². The summed E-state index contributed by atoms with van der Waals surface area (Å²) >= 11 is 1.48. The Morgan fingerprint density at radius 1 is 1.32 bits per heavy atom. The molecule has 1 heterocycles. The average molecular weight is 318 g/mol. The lowest BCUT2D eigenvalue weighted by atomic mass is 10.1. The number of nitrogens with zero attached hydrogens (tertiary/aromatic N) is 1. The minimum Gasteiger partial charge on any atom is -0.494 e. The Bertz CT molecular complexity index is 605. The van der Waals surface area contributed by atoms with Gasteiger partial charge in [0.1, 0.15) is 16.5 Å². The maximum Gasteiger partial charge on any atom is 0.270 e. The number of benzene rings is 1. The fourth-order valence-electron chi connectivity index (χ4n) is 1.94. The number of amides is 1. The van der Waals surface area contributed by atoms with Crippen LogP contribution in [0.4, 0.5) is 0 Å². The number of carbonyl (C=O) groups excluding carboxylic acids is 1. The predicted molar refractivity (Wildman–Crippen MR) is 90.5 cm³/mol. The van der Waals surface area contributed by atoms with Gasteiger partial charge in [-0.3, -0.25) is 4.79 Å². The Kier molecular flexibility index (Phi) is 5.95. The Balaban J connectivity index is 1.99. The number of aromatic nitrogens is 1. The number of thiazole rings is 1. The molecular weight excluding hydrogens is 296 g/mol. The summed E-state index contributed by atoms with van der Waals surface area (Å²) < 4.78 is 5.42. The Morgan fingerprint density at radius 2 is 2.05 bits per heavy atom. The van der Waals surface area contributed by atoms with E-state index in [0.29, 0.717) is 24.8 Å². The van der Waals surface area contributed by atoms with E-state index in [1.165, 1.54) is 11.3 Å². The average Bonchev–Trinajstić information content (AvgIpc) is 2.98. The highest BCUT2D eigenvalue weighted by atomic mass is 32.1. The molecule has 1 aromatic heterocycles. The maximum absolute atomic E-state index is 12.0. The van der Waals surface area contributed by atoms with Crippen LogP contribution in [0.15, 0.2) is 29.6 Å². The first-order chi connectivity index (χ1) is 10.6. The van der Waals surface area contributed by atoms with E-state index in [0.717, 1.165) is 22.7 Å². The molecule has 0 aliphatic carbocycles. The molecule has 5 heteroatoms. The summed E-state index contributed by atoms with van der Waals surface area (Å²) in [7, 11) is 0. The van der Waals surface area contributed by atoms with Crippen LogP contribution in [-0.4, -0.2) is 24.0 Å². The largest absolute Gasteiger partial charge is 0.494 e. The summed E-state index contributed by atoms with van der Waals surface area (Å²) in [6, 6.07) is 7.76. The van der Waals surface area contributed by atoms with Crippen LogP contribution >= 0.6 is 11.3 Å². The molecule has 0 atom stereocenters. The van der Waals surface area contributed by atoms with Crippen molar-refractivity contribution in [3.8, 4) is 16.3 Å². The molecule has 2 rings (SSSR count). The van der Waals surface area contributed by atoms with Gasteiger partial charge >= 0.3 is 0 Å². The van der Waals surface area contributed by atoms with E-state index in [-0.39, 0.29) is 5.91 Å². The normalized spacial score (nSPS) is 10.7. The van der Waals surface area contributed by atoms with E-state index >= 15 is 0 Å². The minimum atomic E-state index is -0.103. The van der Waals surface area contributed by atoms with Crippen molar-refractivity contribution in [1.82, 2.24) is 10.3 Å². The zero-order valence-electron chi connectivity index (χ0n) is 13.3. The van der Waals surface area contributed by atoms with Crippen molar-refractivity contribution in [2.75, 3.05) is 13.2 Å². The van der Waals surface area contributed by atoms with Crippen molar-refractivity contribution in [2.45, 2.75) is 27.2 Å². The molecule has 0 fully saturated rings. The van der Waals surface area contributed by atoms with Gasteiger partial charge in [0.15, 0.2) is 0 Å². The van der Waals surface area contributed by atoms with Crippen LogP contribution in [-0.2, 0) is 0 Å². The first-order valence-electron chi connectivity index (χ1n) is 7.57. The molecule has 0 aliphatic heterocycles.